The molecule has 2 aromatic carbocycles. The van der Waals surface area contributed by atoms with Crippen LogP contribution in [0.4, 0.5) is 0 Å². The Morgan fingerprint density at radius 2 is 1.69 bits per heavy atom. The molecule has 5 nitrogen and oxygen atoms in total. The van der Waals surface area contributed by atoms with E-state index in [0.29, 0.717) is 24.3 Å². The summed E-state index contributed by atoms with van der Waals surface area (Å²) in [6.07, 6.45) is 1.07. The van der Waals surface area contributed by atoms with Crippen molar-refractivity contribution in [2.75, 3.05) is 39.3 Å². The predicted molar refractivity (Wildman–Crippen MR) is 115 cm³/mol. The van der Waals surface area contributed by atoms with Gasteiger partial charge in [0, 0.05) is 38.2 Å². The van der Waals surface area contributed by atoms with Crippen LogP contribution >= 0.6 is 0 Å². The Bertz CT molecular complexity index is 748. The largest absolute Gasteiger partial charge is 0.491 e. The van der Waals surface area contributed by atoms with E-state index in [1.54, 1.807) is 24.3 Å². The number of hydrogen-bond acceptors (Lipinski definition) is 5. The molecule has 1 aliphatic rings. The number of ether oxygens (including phenoxy) is 1. The first-order chi connectivity index (χ1) is 14.1. The van der Waals surface area contributed by atoms with Gasteiger partial charge in [0.05, 0.1) is 0 Å². The van der Waals surface area contributed by atoms with Crippen molar-refractivity contribution in [2.45, 2.75) is 32.4 Å². The Morgan fingerprint density at radius 3 is 2.41 bits per heavy atom. The van der Waals surface area contributed by atoms with E-state index >= 15 is 0 Å². The second-order valence-corrected chi connectivity index (χ2v) is 7.68. The predicted octanol–water partition coefficient (Wildman–Crippen LogP) is 3.23. The Hall–Kier alpha value is -2.21. The Labute approximate surface area is 173 Å². The summed E-state index contributed by atoms with van der Waals surface area (Å²) in [4.78, 5) is 16.5. The monoisotopic (exact) mass is 396 g/mol. The third kappa shape index (κ3) is 6.96. The molecule has 0 aromatic heterocycles. The van der Waals surface area contributed by atoms with Crippen molar-refractivity contribution in [3.05, 3.63) is 65.7 Å². The molecule has 1 atom stereocenters. The van der Waals surface area contributed by atoms with Crippen LogP contribution in [0.15, 0.2) is 54.6 Å². The maximum absolute atomic E-state index is 11.7. The van der Waals surface area contributed by atoms with Gasteiger partial charge in [-0.15, -0.1) is 0 Å². The summed E-state index contributed by atoms with van der Waals surface area (Å²) in [6.45, 7) is 7.75. The van der Waals surface area contributed by atoms with E-state index in [2.05, 4.69) is 40.1 Å². The van der Waals surface area contributed by atoms with Gasteiger partial charge in [-0.1, -0.05) is 37.3 Å². The normalized spacial score (nSPS) is 16.9. The molecule has 2 aromatic rings. The first-order valence-corrected chi connectivity index (χ1v) is 10.6. The van der Waals surface area contributed by atoms with E-state index in [1.807, 2.05) is 6.92 Å². The number of aliphatic hydroxyl groups is 1. The fourth-order valence-corrected chi connectivity index (χ4v) is 3.69. The summed E-state index contributed by atoms with van der Waals surface area (Å²) < 4.78 is 5.71. The minimum absolute atomic E-state index is 0.124. The van der Waals surface area contributed by atoms with Crippen LogP contribution in [-0.2, 0) is 6.54 Å². The number of ketones is 1. The average Bonchev–Trinajstić information content (AvgIpc) is 2.98. The molecular formula is C24H32N2O3. The smallest absolute Gasteiger partial charge is 0.162 e. The fraction of sp³-hybridized carbons (Fsp3) is 0.458. The first kappa shape index (κ1) is 21.5. The standard InChI is InChI=1S/C24H32N2O3/c1-2-24(28)21-9-11-23(12-10-21)29-19-22(27)18-26-14-6-13-25(15-16-26)17-20-7-4-3-5-8-20/h3-5,7-12,22,27H,2,6,13-19H2,1H3. The lowest BCUT2D eigenvalue weighted by atomic mass is 10.1. The lowest BCUT2D eigenvalue weighted by molar-refractivity contribution is 0.0692. The summed E-state index contributed by atoms with van der Waals surface area (Å²) >= 11 is 0. The minimum atomic E-state index is -0.535. The van der Waals surface area contributed by atoms with Gasteiger partial charge in [0.15, 0.2) is 5.78 Å². The maximum Gasteiger partial charge on any atom is 0.162 e. The van der Waals surface area contributed by atoms with Gasteiger partial charge in [-0.2, -0.15) is 0 Å². The van der Waals surface area contributed by atoms with Crippen molar-refractivity contribution in [2.24, 2.45) is 0 Å². The Balaban J connectivity index is 1.40. The number of hydrogen-bond donors (Lipinski definition) is 1. The number of carbonyl (C=O) groups excluding carboxylic acids is 1. The quantitative estimate of drug-likeness (QED) is 0.660. The van der Waals surface area contributed by atoms with Crippen LogP contribution < -0.4 is 4.74 Å². The Morgan fingerprint density at radius 1 is 1.00 bits per heavy atom. The highest BCUT2D eigenvalue weighted by atomic mass is 16.5. The fourth-order valence-electron chi connectivity index (χ4n) is 3.69. The van der Waals surface area contributed by atoms with Crippen molar-refractivity contribution in [3.63, 3.8) is 0 Å². The number of carbonyl (C=O) groups is 1. The molecule has 0 amide bonds. The van der Waals surface area contributed by atoms with Crippen LogP contribution in [0.5, 0.6) is 5.75 Å². The molecule has 1 heterocycles. The van der Waals surface area contributed by atoms with Gasteiger partial charge in [-0.3, -0.25) is 14.6 Å². The summed E-state index contributed by atoms with van der Waals surface area (Å²) in [5, 5.41) is 10.4. The van der Waals surface area contributed by atoms with Crippen LogP contribution in [-0.4, -0.2) is 66.1 Å². The zero-order valence-corrected chi connectivity index (χ0v) is 17.3. The second kappa shape index (κ2) is 11.1. The molecule has 1 aliphatic heterocycles. The van der Waals surface area contributed by atoms with Crippen molar-refractivity contribution in [1.82, 2.24) is 9.80 Å². The molecule has 0 spiro atoms. The van der Waals surface area contributed by atoms with E-state index in [0.717, 1.165) is 39.1 Å². The van der Waals surface area contributed by atoms with Crippen LogP contribution in [0.3, 0.4) is 0 Å². The molecule has 0 bridgehead atoms. The molecule has 3 rings (SSSR count). The van der Waals surface area contributed by atoms with Gasteiger partial charge in [-0.05, 0) is 49.3 Å². The SMILES string of the molecule is CCC(=O)c1ccc(OCC(O)CN2CCCN(Cc3ccccc3)CC2)cc1. The highest BCUT2D eigenvalue weighted by molar-refractivity contribution is 5.95. The third-order valence-corrected chi connectivity index (χ3v) is 5.34. The number of benzene rings is 2. The van der Waals surface area contributed by atoms with Gasteiger partial charge < -0.3 is 9.84 Å². The van der Waals surface area contributed by atoms with Crippen molar-refractivity contribution in [3.8, 4) is 5.75 Å². The van der Waals surface area contributed by atoms with Crippen LogP contribution in [0.25, 0.3) is 0 Å². The number of nitrogens with zero attached hydrogens (tertiary/aromatic N) is 2. The van der Waals surface area contributed by atoms with Crippen LogP contribution in [0, 0.1) is 0 Å². The van der Waals surface area contributed by atoms with E-state index in [-0.39, 0.29) is 12.4 Å². The molecule has 0 saturated carbocycles. The Kier molecular flexibility index (Phi) is 8.23. The van der Waals surface area contributed by atoms with Gasteiger partial charge >= 0.3 is 0 Å². The number of rotatable bonds is 9. The number of aliphatic hydroxyl groups excluding tert-OH is 1. The zero-order chi connectivity index (χ0) is 20.5. The molecule has 0 aliphatic carbocycles. The summed E-state index contributed by atoms with van der Waals surface area (Å²) in [5.41, 5.74) is 2.05. The van der Waals surface area contributed by atoms with E-state index < -0.39 is 6.10 Å². The lowest BCUT2D eigenvalue weighted by Crippen LogP contribution is -2.38. The van der Waals surface area contributed by atoms with Gasteiger partial charge in [0.1, 0.15) is 18.5 Å². The number of β-amino-alcohol motifs (C(OH)–C–C–N with tert-alkyl or cyclic N) is 1. The van der Waals surface area contributed by atoms with Gasteiger partial charge in [-0.25, -0.2) is 0 Å². The van der Waals surface area contributed by atoms with Gasteiger partial charge in [0.2, 0.25) is 0 Å². The molecule has 29 heavy (non-hydrogen) atoms. The van der Waals surface area contributed by atoms with Gasteiger partial charge in [0.25, 0.3) is 0 Å². The molecule has 1 N–H and O–H groups in total. The first-order valence-electron chi connectivity index (χ1n) is 10.6. The van der Waals surface area contributed by atoms with Crippen molar-refractivity contribution >= 4 is 5.78 Å². The molecule has 1 fully saturated rings. The topological polar surface area (TPSA) is 53.0 Å². The van der Waals surface area contributed by atoms with E-state index in [9.17, 15) is 9.90 Å². The summed E-state index contributed by atoms with van der Waals surface area (Å²) in [7, 11) is 0. The zero-order valence-electron chi connectivity index (χ0n) is 17.3. The van der Waals surface area contributed by atoms with Crippen LogP contribution in [0.1, 0.15) is 35.7 Å². The molecule has 1 unspecified atom stereocenters. The lowest BCUT2D eigenvalue weighted by Gasteiger charge is -2.24. The molecule has 1 saturated heterocycles. The maximum atomic E-state index is 11.7. The summed E-state index contributed by atoms with van der Waals surface area (Å²) in [6, 6.07) is 17.7. The summed E-state index contributed by atoms with van der Waals surface area (Å²) in [5.74, 6) is 0.806. The van der Waals surface area contributed by atoms with E-state index in [1.165, 1.54) is 5.56 Å². The van der Waals surface area contributed by atoms with Crippen molar-refractivity contribution in [1.29, 1.82) is 0 Å². The second-order valence-electron chi connectivity index (χ2n) is 7.68. The van der Waals surface area contributed by atoms with Crippen LogP contribution in [0.2, 0.25) is 0 Å². The highest BCUT2D eigenvalue weighted by Crippen LogP contribution is 2.14. The van der Waals surface area contributed by atoms with Crippen molar-refractivity contribution < 1.29 is 14.6 Å². The molecule has 5 heteroatoms. The average molecular weight is 397 g/mol. The molecular weight excluding hydrogens is 364 g/mol. The third-order valence-electron chi connectivity index (χ3n) is 5.34. The molecule has 0 radical (unpaired) electrons. The van der Waals surface area contributed by atoms with E-state index in [4.69, 9.17) is 4.74 Å². The number of Topliss-reactive ketones (excluding diaryl/α,β-unsaturated/α-hetero) is 1. The molecule has 156 valence electrons. The highest BCUT2D eigenvalue weighted by Gasteiger charge is 2.18. The minimum Gasteiger partial charge on any atom is -0.491 e.